The molecule has 144 valence electrons. The highest BCUT2D eigenvalue weighted by molar-refractivity contribution is 7.97. The van der Waals surface area contributed by atoms with Crippen molar-refractivity contribution >= 4 is 19.8 Å². The second kappa shape index (κ2) is 9.63. The van der Waals surface area contributed by atoms with E-state index in [2.05, 4.69) is 43.0 Å². The molecule has 3 nitrogen and oxygen atoms in total. The van der Waals surface area contributed by atoms with E-state index < -0.39 is 0 Å². The number of aryl methyl sites for hydroxylation is 1. The Bertz CT molecular complexity index is 583. The zero-order valence-corrected chi connectivity index (χ0v) is 17.8. The molecule has 2 heterocycles. The summed E-state index contributed by atoms with van der Waals surface area (Å²) in [4.78, 5) is 2.54. The molecule has 0 saturated carbocycles. The minimum atomic E-state index is 0.228. The average molecular weight is 373 g/mol. The summed E-state index contributed by atoms with van der Waals surface area (Å²) in [6.45, 7) is 10.5. The molecule has 2 aliphatic heterocycles. The Kier molecular flexibility index (Phi) is 7.50. The van der Waals surface area contributed by atoms with Crippen LogP contribution in [0.25, 0.3) is 0 Å². The lowest BCUT2D eigenvalue weighted by atomic mass is 9.86. The van der Waals surface area contributed by atoms with Crippen molar-refractivity contribution < 1.29 is 0 Å². The van der Waals surface area contributed by atoms with Crippen molar-refractivity contribution in [3.8, 4) is 0 Å². The van der Waals surface area contributed by atoms with Crippen molar-refractivity contribution in [3.63, 3.8) is 0 Å². The smallest absolute Gasteiger partial charge is 0.101 e. The summed E-state index contributed by atoms with van der Waals surface area (Å²) >= 11 is 1.88. The maximum atomic E-state index is 6.38. The number of rotatable bonds is 8. The third kappa shape index (κ3) is 5.28. The number of nitrogens with two attached hydrogens (primary N) is 1. The van der Waals surface area contributed by atoms with Crippen LogP contribution in [-0.2, 0) is 12.8 Å². The van der Waals surface area contributed by atoms with Crippen molar-refractivity contribution in [2.24, 2.45) is 11.7 Å². The van der Waals surface area contributed by atoms with E-state index in [-0.39, 0.29) is 5.37 Å². The van der Waals surface area contributed by atoms with Gasteiger partial charge >= 0.3 is 0 Å². The van der Waals surface area contributed by atoms with Gasteiger partial charge in [-0.2, -0.15) is 0 Å². The highest BCUT2D eigenvalue weighted by Crippen LogP contribution is 2.27. The molecule has 1 aromatic carbocycles. The first-order valence-electron chi connectivity index (χ1n) is 10.5. The maximum absolute atomic E-state index is 6.38. The Hall–Kier alpha value is -0.485. The Morgan fingerprint density at radius 2 is 1.77 bits per heavy atom. The van der Waals surface area contributed by atoms with E-state index >= 15 is 0 Å². The minimum absolute atomic E-state index is 0.228. The molecule has 0 radical (unpaired) electrons. The zero-order valence-electron chi connectivity index (χ0n) is 17.0. The first-order chi connectivity index (χ1) is 12.6. The van der Waals surface area contributed by atoms with Gasteiger partial charge in [0, 0.05) is 32.7 Å². The quantitative estimate of drug-likeness (QED) is 0.432. The summed E-state index contributed by atoms with van der Waals surface area (Å²) in [6.07, 6.45) is 7.72. The van der Waals surface area contributed by atoms with Crippen LogP contribution in [0.1, 0.15) is 41.5 Å². The molecule has 1 unspecified atom stereocenters. The standard InChI is InChI=1S/C21H36BN3S/c1-16-17(2)20(7-6-19(16)8-9-22)12-18-13-24(14-18)15-21(23)26-25-10-4-3-5-11-25/h6-7,18,21H,3-5,8-15,22-23H2,1-2H3. The SMILES string of the molecule is BCCc1ccc(CC2CN(CC(N)SN3CCCCC3)C2)c(C)c1C. The van der Waals surface area contributed by atoms with Crippen molar-refractivity contribution in [3.05, 3.63) is 34.4 Å². The zero-order chi connectivity index (χ0) is 18.5. The van der Waals surface area contributed by atoms with Crippen LogP contribution < -0.4 is 5.73 Å². The summed E-state index contributed by atoms with van der Waals surface area (Å²) in [5.74, 6) is 0.803. The fraction of sp³-hybridized carbons (Fsp3) is 0.714. The maximum Gasteiger partial charge on any atom is 0.101 e. The van der Waals surface area contributed by atoms with Crippen molar-refractivity contribution in [1.29, 1.82) is 0 Å². The van der Waals surface area contributed by atoms with Gasteiger partial charge in [-0.1, -0.05) is 36.8 Å². The fourth-order valence-electron chi connectivity index (χ4n) is 4.41. The predicted octanol–water partition coefficient (Wildman–Crippen LogP) is 2.79. The van der Waals surface area contributed by atoms with E-state index in [4.69, 9.17) is 5.73 Å². The lowest BCUT2D eigenvalue weighted by Crippen LogP contribution is -2.51. The van der Waals surface area contributed by atoms with Gasteiger partial charge in [-0.15, -0.1) is 0 Å². The third-order valence-electron chi connectivity index (χ3n) is 6.11. The number of likely N-dealkylation sites (tertiary alicyclic amines) is 1. The van der Waals surface area contributed by atoms with Gasteiger partial charge in [0.05, 0.1) is 5.37 Å². The second-order valence-electron chi connectivity index (χ2n) is 8.31. The molecule has 0 aromatic heterocycles. The molecular formula is C21H36BN3S. The largest absolute Gasteiger partial charge is 0.317 e. The molecule has 2 N–H and O–H groups in total. The van der Waals surface area contributed by atoms with Crippen LogP contribution in [0.3, 0.4) is 0 Å². The number of nitrogens with zero attached hydrogens (tertiary/aromatic N) is 2. The molecular weight excluding hydrogens is 337 g/mol. The first-order valence-corrected chi connectivity index (χ1v) is 11.4. The molecule has 1 aromatic rings. The molecule has 26 heavy (non-hydrogen) atoms. The normalized spacial score (nSPS) is 20.9. The van der Waals surface area contributed by atoms with Crippen molar-refractivity contribution in [2.45, 2.75) is 57.6 Å². The van der Waals surface area contributed by atoms with E-state index in [1.54, 1.807) is 5.56 Å². The summed E-state index contributed by atoms with van der Waals surface area (Å²) in [5, 5.41) is 0.228. The summed E-state index contributed by atoms with van der Waals surface area (Å²) in [6, 6.07) is 4.75. The first kappa shape index (κ1) is 20.3. The van der Waals surface area contributed by atoms with Crippen LogP contribution in [0.15, 0.2) is 12.1 Å². The summed E-state index contributed by atoms with van der Waals surface area (Å²) in [5.41, 5.74) is 12.5. The van der Waals surface area contributed by atoms with Gasteiger partial charge in [0.2, 0.25) is 0 Å². The van der Waals surface area contributed by atoms with E-state index in [1.807, 2.05) is 11.9 Å². The molecule has 0 amide bonds. The monoisotopic (exact) mass is 373 g/mol. The van der Waals surface area contributed by atoms with Gasteiger partial charge in [0.15, 0.2) is 0 Å². The van der Waals surface area contributed by atoms with E-state index in [0.717, 1.165) is 12.5 Å². The van der Waals surface area contributed by atoms with Gasteiger partial charge in [0.25, 0.3) is 0 Å². The number of benzene rings is 1. The van der Waals surface area contributed by atoms with Gasteiger partial charge in [0.1, 0.15) is 7.85 Å². The lowest BCUT2D eigenvalue weighted by molar-refractivity contribution is 0.101. The van der Waals surface area contributed by atoms with Crippen LogP contribution in [0.2, 0.25) is 6.32 Å². The third-order valence-corrected chi connectivity index (χ3v) is 7.19. The predicted molar refractivity (Wildman–Crippen MR) is 118 cm³/mol. The van der Waals surface area contributed by atoms with Crippen LogP contribution in [0, 0.1) is 19.8 Å². The minimum Gasteiger partial charge on any atom is -0.317 e. The Labute approximate surface area is 165 Å². The number of piperidine rings is 1. The summed E-state index contributed by atoms with van der Waals surface area (Å²) in [7, 11) is 2.26. The molecule has 1 atom stereocenters. The van der Waals surface area contributed by atoms with E-state index in [1.165, 1.54) is 81.3 Å². The molecule has 2 saturated heterocycles. The molecule has 2 fully saturated rings. The Balaban J connectivity index is 1.42. The fourth-order valence-corrected chi connectivity index (χ4v) is 5.54. The van der Waals surface area contributed by atoms with Crippen LogP contribution in [-0.4, -0.2) is 55.1 Å². The Morgan fingerprint density at radius 3 is 2.46 bits per heavy atom. The number of hydrogen-bond donors (Lipinski definition) is 1. The van der Waals surface area contributed by atoms with Gasteiger partial charge in [-0.05, 0) is 67.7 Å². The van der Waals surface area contributed by atoms with Crippen LogP contribution in [0.4, 0.5) is 0 Å². The van der Waals surface area contributed by atoms with Crippen LogP contribution in [0.5, 0.6) is 0 Å². The molecule has 0 spiro atoms. The highest BCUT2D eigenvalue weighted by Gasteiger charge is 2.29. The molecule has 5 heteroatoms. The average Bonchev–Trinajstić information content (AvgIpc) is 2.60. The van der Waals surface area contributed by atoms with Crippen molar-refractivity contribution in [1.82, 2.24) is 9.21 Å². The summed E-state index contributed by atoms with van der Waals surface area (Å²) < 4.78 is 2.48. The Morgan fingerprint density at radius 1 is 1.12 bits per heavy atom. The van der Waals surface area contributed by atoms with Gasteiger partial charge in [-0.3, -0.25) is 0 Å². The van der Waals surface area contributed by atoms with Gasteiger partial charge in [-0.25, -0.2) is 4.31 Å². The van der Waals surface area contributed by atoms with Gasteiger partial charge < -0.3 is 10.6 Å². The van der Waals surface area contributed by atoms with Crippen LogP contribution >= 0.6 is 11.9 Å². The van der Waals surface area contributed by atoms with E-state index in [9.17, 15) is 0 Å². The second-order valence-corrected chi connectivity index (χ2v) is 9.64. The molecule has 0 bridgehead atoms. The number of hydrogen-bond acceptors (Lipinski definition) is 4. The van der Waals surface area contributed by atoms with E-state index in [0.29, 0.717) is 0 Å². The molecule has 0 aliphatic carbocycles. The molecule has 2 aliphatic rings. The highest BCUT2D eigenvalue weighted by atomic mass is 32.2. The lowest BCUT2D eigenvalue weighted by Gasteiger charge is -2.41. The molecule has 3 rings (SSSR count). The topological polar surface area (TPSA) is 32.5 Å². The van der Waals surface area contributed by atoms with Crippen molar-refractivity contribution in [2.75, 3.05) is 32.7 Å².